The second-order valence-corrected chi connectivity index (χ2v) is 10.5. The molecule has 0 amide bonds. The molecule has 0 aliphatic carbocycles. The number of benzene rings is 4. The van der Waals surface area contributed by atoms with E-state index in [9.17, 15) is 9.18 Å². The Morgan fingerprint density at radius 2 is 1.73 bits per heavy atom. The lowest BCUT2D eigenvalue weighted by Crippen LogP contribution is -2.24. The van der Waals surface area contributed by atoms with Crippen molar-refractivity contribution in [1.29, 1.82) is 0 Å². The molecule has 7 heteroatoms. The molecule has 2 aromatic heterocycles. The molecule has 4 aromatic carbocycles. The number of para-hydroxylation sites is 3. The maximum Gasteiger partial charge on any atom is 0.274 e. The van der Waals surface area contributed by atoms with Crippen LogP contribution in [-0.4, -0.2) is 16.0 Å². The Morgan fingerprint density at radius 3 is 2.52 bits per heavy atom. The fourth-order valence-corrected chi connectivity index (χ4v) is 6.27. The van der Waals surface area contributed by atoms with Gasteiger partial charge in [-0.05, 0) is 73.2 Å². The van der Waals surface area contributed by atoms with Gasteiger partial charge in [0.05, 0.1) is 22.2 Å². The zero-order valence-corrected chi connectivity index (χ0v) is 22.3. The number of aromatic nitrogens is 2. The van der Waals surface area contributed by atoms with Crippen LogP contribution in [0.1, 0.15) is 29.5 Å². The molecule has 0 fully saturated rings. The summed E-state index contributed by atoms with van der Waals surface area (Å²) in [5, 5.41) is 0. The first-order valence-corrected chi connectivity index (χ1v) is 13.8. The van der Waals surface area contributed by atoms with E-state index in [4.69, 9.17) is 9.47 Å². The first kappa shape index (κ1) is 24.3. The maximum atomic E-state index is 14.0. The molecule has 1 aliphatic rings. The third kappa shape index (κ3) is 4.06. The van der Waals surface area contributed by atoms with Crippen LogP contribution < -0.4 is 19.6 Å². The van der Waals surface area contributed by atoms with E-state index < -0.39 is 0 Å². The van der Waals surface area contributed by atoms with Crippen molar-refractivity contribution >= 4 is 39.2 Å². The summed E-state index contributed by atoms with van der Waals surface area (Å²) < 4.78 is 28.4. The summed E-state index contributed by atoms with van der Waals surface area (Å²) in [6, 6.07) is 29.7. The Balaban J connectivity index is 1.51. The summed E-state index contributed by atoms with van der Waals surface area (Å²) in [7, 11) is 0. The zero-order chi connectivity index (χ0) is 27.2. The predicted octanol–water partition coefficient (Wildman–Crippen LogP) is 6.58. The number of nitrogens with zero attached hydrogens (tertiary/aromatic N) is 2. The fourth-order valence-electron chi connectivity index (χ4n) is 5.29. The summed E-state index contributed by atoms with van der Waals surface area (Å²) >= 11 is 1.34. The van der Waals surface area contributed by atoms with Gasteiger partial charge in [-0.25, -0.2) is 13.8 Å². The van der Waals surface area contributed by atoms with Gasteiger partial charge in [-0.3, -0.25) is 4.79 Å². The highest BCUT2D eigenvalue weighted by molar-refractivity contribution is 7.15. The number of thiazole rings is 1. The number of imidazole rings is 1. The zero-order valence-electron chi connectivity index (χ0n) is 21.5. The van der Waals surface area contributed by atoms with Crippen LogP contribution in [0, 0.1) is 5.82 Å². The molecule has 40 heavy (non-hydrogen) atoms. The van der Waals surface area contributed by atoms with Gasteiger partial charge in [0.25, 0.3) is 5.56 Å². The van der Waals surface area contributed by atoms with E-state index in [2.05, 4.69) is 4.98 Å². The lowest BCUT2D eigenvalue weighted by Gasteiger charge is -2.30. The van der Waals surface area contributed by atoms with Crippen LogP contribution in [-0.2, 0) is 0 Å². The summed E-state index contributed by atoms with van der Waals surface area (Å²) in [6.45, 7) is 2.51. The van der Waals surface area contributed by atoms with Crippen molar-refractivity contribution in [2.24, 2.45) is 0 Å². The second kappa shape index (κ2) is 9.77. The molecule has 7 rings (SSSR count). The third-order valence-corrected chi connectivity index (χ3v) is 8.05. The minimum absolute atomic E-state index is 0.135. The van der Waals surface area contributed by atoms with E-state index in [0.29, 0.717) is 27.6 Å². The number of hydrogen-bond acceptors (Lipinski definition) is 5. The molecule has 0 saturated carbocycles. The first-order valence-electron chi connectivity index (χ1n) is 13.0. The first-order chi connectivity index (χ1) is 19.6. The molecule has 6 aromatic rings. The van der Waals surface area contributed by atoms with E-state index in [-0.39, 0.29) is 17.3 Å². The van der Waals surface area contributed by atoms with Crippen LogP contribution in [0.5, 0.6) is 11.5 Å². The minimum atomic E-state index is -0.307. The van der Waals surface area contributed by atoms with Gasteiger partial charge in [0.1, 0.15) is 23.1 Å². The van der Waals surface area contributed by atoms with Crippen molar-refractivity contribution in [2.75, 3.05) is 6.61 Å². The Hall–Kier alpha value is -4.75. The van der Waals surface area contributed by atoms with Crippen molar-refractivity contribution in [3.63, 3.8) is 0 Å². The van der Waals surface area contributed by atoms with Crippen molar-refractivity contribution in [1.82, 2.24) is 9.38 Å². The van der Waals surface area contributed by atoms with Crippen LogP contribution in [0.15, 0.2) is 107 Å². The van der Waals surface area contributed by atoms with E-state index >= 15 is 0 Å². The smallest absolute Gasteiger partial charge is 0.274 e. The molecule has 0 spiro atoms. The average molecular weight is 547 g/mol. The second-order valence-electron chi connectivity index (χ2n) is 9.50. The molecule has 0 saturated heterocycles. The molecule has 1 unspecified atom stereocenters. The largest absolute Gasteiger partial charge is 0.494 e. The molecule has 0 bridgehead atoms. The Morgan fingerprint density at radius 1 is 0.975 bits per heavy atom. The normalized spacial score (nSPS) is 15.4. The van der Waals surface area contributed by atoms with Crippen molar-refractivity contribution in [3.05, 3.63) is 140 Å². The predicted molar refractivity (Wildman–Crippen MR) is 156 cm³/mol. The Labute approximate surface area is 233 Å². The van der Waals surface area contributed by atoms with Crippen molar-refractivity contribution in [3.8, 4) is 11.5 Å². The van der Waals surface area contributed by atoms with Gasteiger partial charge < -0.3 is 9.47 Å². The Bertz CT molecular complexity index is 2030. The summed E-state index contributed by atoms with van der Waals surface area (Å²) in [5.74, 6) is 1.51. The summed E-state index contributed by atoms with van der Waals surface area (Å²) in [6.07, 6.45) is 1.91. The molecule has 5 nitrogen and oxygen atoms in total. The minimum Gasteiger partial charge on any atom is -0.494 e. The van der Waals surface area contributed by atoms with E-state index in [1.165, 1.54) is 23.5 Å². The molecule has 196 valence electrons. The fraction of sp³-hybridized carbons (Fsp3) is 0.0909. The molecular weight excluding hydrogens is 523 g/mol. The lowest BCUT2D eigenvalue weighted by molar-refractivity contribution is 0.340. The number of allylic oxidation sites excluding steroid dienone is 1. The van der Waals surface area contributed by atoms with E-state index in [1.807, 2.05) is 85.8 Å². The van der Waals surface area contributed by atoms with Crippen LogP contribution in [0.4, 0.5) is 4.39 Å². The topological polar surface area (TPSA) is 52.8 Å². The van der Waals surface area contributed by atoms with E-state index in [1.54, 1.807) is 16.5 Å². The standard InChI is InChI=1S/C33H23FN2O3S/c1-2-38-23-17-13-21(14-18-23)31-25(19-29-32(37)36-27-9-5-4-8-26(27)35-33(36)40-29)30(20-11-15-22(34)16-12-20)24-7-3-6-10-28(24)39-31/h3-19,30H,2H2,1H3/b29-19-. The summed E-state index contributed by atoms with van der Waals surface area (Å²) in [4.78, 5) is 19.1. The molecule has 3 heterocycles. The van der Waals surface area contributed by atoms with Gasteiger partial charge in [-0.1, -0.05) is 53.8 Å². The van der Waals surface area contributed by atoms with Crippen LogP contribution in [0.3, 0.4) is 0 Å². The van der Waals surface area contributed by atoms with Crippen LogP contribution >= 0.6 is 11.3 Å². The molecule has 0 N–H and O–H groups in total. The number of hydrogen-bond donors (Lipinski definition) is 0. The highest BCUT2D eigenvalue weighted by Crippen LogP contribution is 2.46. The quantitative estimate of drug-likeness (QED) is 0.245. The molecular formula is C33H23FN2O3S. The van der Waals surface area contributed by atoms with E-state index in [0.717, 1.165) is 39.0 Å². The third-order valence-electron chi connectivity index (χ3n) is 7.08. The number of halogens is 1. The molecule has 1 atom stereocenters. The van der Waals surface area contributed by atoms with Gasteiger partial charge in [0.2, 0.25) is 0 Å². The Kier molecular flexibility index (Phi) is 5.94. The molecule has 0 radical (unpaired) electrons. The SMILES string of the molecule is CCOc1ccc(C2=C(/C=c3\sc4nc5ccccc5n4c3=O)C(c3ccc(F)cc3)c3ccccc3O2)cc1. The highest BCUT2D eigenvalue weighted by atomic mass is 32.1. The summed E-state index contributed by atoms with van der Waals surface area (Å²) in [5.41, 5.74) is 4.91. The van der Waals surface area contributed by atoms with Gasteiger partial charge in [-0.15, -0.1) is 0 Å². The number of fused-ring (bicyclic) bond motifs is 4. The van der Waals surface area contributed by atoms with Crippen molar-refractivity contribution in [2.45, 2.75) is 12.8 Å². The number of rotatable bonds is 5. The van der Waals surface area contributed by atoms with Gasteiger partial charge >= 0.3 is 0 Å². The van der Waals surface area contributed by atoms with Gasteiger partial charge in [0.15, 0.2) is 4.96 Å². The maximum absolute atomic E-state index is 14.0. The highest BCUT2D eigenvalue weighted by Gasteiger charge is 2.31. The van der Waals surface area contributed by atoms with Crippen LogP contribution in [0.25, 0.3) is 27.8 Å². The van der Waals surface area contributed by atoms with Crippen molar-refractivity contribution < 1.29 is 13.9 Å². The van der Waals surface area contributed by atoms with Gasteiger partial charge in [0, 0.05) is 22.6 Å². The van der Waals surface area contributed by atoms with Crippen LogP contribution in [0.2, 0.25) is 0 Å². The lowest BCUT2D eigenvalue weighted by atomic mass is 9.81. The molecule has 1 aliphatic heterocycles. The van der Waals surface area contributed by atoms with Gasteiger partial charge in [-0.2, -0.15) is 0 Å². The average Bonchev–Trinajstić information content (AvgIpc) is 3.49. The monoisotopic (exact) mass is 546 g/mol. The number of ether oxygens (including phenoxy) is 2.